The molecule has 0 radical (unpaired) electrons. The maximum atomic E-state index is 11.5. The van der Waals surface area contributed by atoms with E-state index >= 15 is 0 Å². The lowest BCUT2D eigenvalue weighted by Crippen LogP contribution is -1.99. The lowest BCUT2D eigenvalue weighted by atomic mass is 10.0. The highest BCUT2D eigenvalue weighted by molar-refractivity contribution is 5.78. The summed E-state index contributed by atoms with van der Waals surface area (Å²) < 4.78 is 5.55. The van der Waals surface area contributed by atoms with Crippen molar-refractivity contribution in [3.8, 4) is 0 Å². The number of hydrogen-bond acceptors (Lipinski definition) is 2. The summed E-state index contributed by atoms with van der Waals surface area (Å²) in [6.45, 7) is 1.81. The first-order valence-electron chi connectivity index (χ1n) is 6.99. The average molecular weight is 226 g/mol. The minimum atomic E-state index is 0.468. The minimum Gasteiger partial charge on any atom is -0.381 e. The summed E-state index contributed by atoms with van der Waals surface area (Å²) in [6.07, 6.45) is 12.3. The van der Waals surface area contributed by atoms with E-state index in [2.05, 4.69) is 0 Å². The Kier molecular flexibility index (Phi) is 8.41. The zero-order valence-corrected chi connectivity index (χ0v) is 10.5. The molecular weight excluding hydrogens is 200 g/mol. The first kappa shape index (κ1) is 13.7. The van der Waals surface area contributed by atoms with Gasteiger partial charge in [-0.15, -0.1) is 0 Å². The van der Waals surface area contributed by atoms with Gasteiger partial charge in [-0.3, -0.25) is 4.79 Å². The van der Waals surface area contributed by atoms with Crippen LogP contribution in [0.15, 0.2) is 0 Å². The second-order valence-corrected chi connectivity index (χ2v) is 4.83. The number of carbonyl (C=O) groups excluding carboxylic acids is 1. The molecule has 1 heterocycles. The Labute approximate surface area is 99.8 Å². The molecule has 0 bridgehead atoms. The molecule has 0 aromatic heterocycles. The maximum absolute atomic E-state index is 11.5. The SMILES string of the molecule is O=C1CCCCCCCCOCCCCC1. The van der Waals surface area contributed by atoms with Gasteiger partial charge in [0.1, 0.15) is 5.78 Å². The predicted molar refractivity (Wildman–Crippen MR) is 66.6 cm³/mol. The van der Waals surface area contributed by atoms with Crippen LogP contribution < -0.4 is 0 Å². The molecule has 1 rings (SSSR count). The summed E-state index contributed by atoms with van der Waals surface area (Å²) in [5, 5.41) is 0. The molecular formula is C14H26O2. The van der Waals surface area contributed by atoms with E-state index in [1.165, 1.54) is 32.1 Å². The van der Waals surface area contributed by atoms with E-state index in [1.807, 2.05) is 0 Å². The Hall–Kier alpha value is -0.370. The predicted octanol–water partition coefficient (Wildman–Crippen LogP) is 3.88. The Balaban J connectivity index is 2.13. The number of Topliss-reactive ketones (excluding diaryl/α,β-unsaturated/α-hetero) is 1. The molecule has 0 aromatic carbocycles. The van der Waals surface area contributed by atoms with Crippen LogP contribution in [0.2, 0.25) is 0 Å². The summed E-state index contributed by atoms with van der Waals surface area (Å²) >= 11 is 0. The zero-order valence-electron chi connectivity index (χ0n) is 10.5. The van der Waals surface area contributed by atoms with Gasteiger partial charge in [-0.05, 0) is 25.7 Å². The molecule has 0 saturated carbocycles. The first-order chi connectivity index (χ1) is 7.89. The Bertz CT molecular complexity index is 160. The molecule has 0 aromatic rings. The van der Waals surface area contributed by atoms with Gasteiger partial charge < -0.3 is 4.74 Å². The smallest absolute Gasteiger partial charge is 0.132 e. The van der Waals surface area contributed by atoms with Crippen molar-refractivity contribution in [2.75, 3.05) is 13.2 Å². The molecule has 1 saturated heterocycles. The van der Waals surface area contributed by atoms with E-state index in [-0.39, 0.29) is 0 Å². The van der Waals surface area contributed by atoms with Crippen molar-refractivity contribution in [2.24, 2.45) is 0 Å². The molecule has 1 fully saturated rings. The third kappa shape index (κ3) is 7.86. The number of carbonyl (C=O) groups is 1. The Morgan fingerprint density at radius 3 is 1.69 bits per heavy atom. The third-order valence-electron chi connectivity index (χ3n) is 3.24. The molecule has 0 aliphatic carbocycles. The van der Waals surface area contributed by atoms with Crippen LogP contribution in [-0.2, 0) is 9.53 Å². The molecule has 16 heavy (non-hydrogen) atoms. The molecule has 2 heteroatoms. The van der Waals surface area contributed by atoms with E-state index < -0.39 is 0 Å². The molecule has 2 nitrogen and oxygen atoms in total. The van der Waals surface area contributed by atoms with E-state index in [0.29, 0.717) is 5.78 Å². The molecule has 1 aliphatic rings. The number of hydrogen-bond donors (Lipinski definition) is 0. The van der Waals surface area contributed by atoms with Crippen molar-refractivity contribution >= 4 is 5.78 Å². The summed E-state index contributed by atoms with van der Waals surface area (Å²) in [5.41, 5.74) is 0. The maximum Gasteiger partial charge on any atom is 0.132 e. The highest BCUT2D eigenvalue weighted by Gasteiger charge is 2.02. The fourth-order valence-corrected chi connectivity index (χ4v) is 2.16. The second-order valence-electron chi connectivity index (χ2n) is 4.83. The van der Waals surface area contributed by atoms with Gasteiger partial charge in [0.2, 0.25) is 0 Å². The van der Waals surface area contributed by atoms with Crippen LogP contribution in [0.3, 0.4) is 0 Å². The summed E-state index contributed by atoms with van der Waals surface area (Å²) in [6, 6.07) is 0. The molecule has 0 N–H and O–H groups in total. The topological polar surface area (TPSA) is 26.3 Å². The third-order valence-corrected chi connectivity index (χ3v) is 3.24. The fourth-order valence-electron chi connectivity index (χ4n) is 2.16. The molecule has 94 valence electrons. The minimum absolute atomic E-state index is 0.468. The van der Waals surface area contributed by atoms with E-state index in [9.17, 15) is 4.79 Å². The van der Waals surface area contributed by atoms with Gasteiger partial charge in [0.15, 0.2) is 0 Å². The normalized spacial score (nSPS) is 23.4. The molecule has 0 unspecified atom stereocenters. The number of ketones is 1. The second kappa shape index (κ2) is 9.83. The van der Waals surface area contributed by atoms with Crippen LogP contribution in [0.4, 0.5) is 0 Å². The fraction of sp³-hybridized carbons (Fsp3) is 0.929. The van der Waals surface area contributed by atoms with Gasteiger partial charge in [0.05, 0.1) is 0 Å². The van der Waals surface area contributed by atoms with Gasteiger partial charge in [-0.25, -0.2) is 0 Å². The van der Waals surface area contributed by atoms with Crippen molar-refractivity contribution in [3.63, 3.8) is 0 Å². The van der Waals surface area contributed by atoms with E-state index in [0.717, 1.165) is 51.7 Å². The molecule has 0 atom stereocenters. The highest BCUT2D eigenvalue weighted by Crippen LogP contribution is 2.11. The van der Waals surface area contributed by atoms with Gasteiger partial charge in [0, 0.05) is 26.1 Å². The molecule has 0 amide bonds. The van der Waals surface area contributed by atoms with Crippen LogP contribution in [-0.4, -0.2) is 19.0 Å². The summed E-state index contributed by atoms with van der Waals surface area (Å²) in [5.74, 6) is 0.468. The first-order valence-corrected chi connectivity index (χ1v) is 6.99. The lowest BCUT2D eigenvalue weighted by molar-refractivity contribution is -0.119. The quantitative estimate of drug-likeness (QED) is 0.626. The number of ether oxygens (including phenoxy) is 1. The van der Waals surface area contributed by atoms with Crippen molar-refractivity contribution in [3.05, 3.63) is 0 Å². The van der Waals surface area contributed by atoms with E-state index in [4.69, 9.17) is 4.74 Å². The van der Waals surface area contributed by atoms with Crippen molar-refractivity contribution in [1.82, 2.24) is 0 Å². The average Bonchev–Trinajstić information content (AvgIpc) is 2.29. The molecule has 1 aliphatic heterocycles. The lowest BCUT2D eigenvalue weighted by Gasteiger charge is -2.03. The van der Waals surface area contributed by atoms with Crippen LogP contribution >= 0.6 is 0 Å². The number of rotatable bonds is 0. The molecule has 0 spiro atoms. The summed E-state index contributed by atoms with van der Waals surface area (Å²) in [4.78, 5) is 11.5. The van der Waals surface area contributed by atoms with Crippen LogP contribution in [0.5, 0.6) is 0 Å². The standard InChI is InChI=1S/C14H26O2/c15-14-10-6-3-1-2-4-8-12-16-13-9-5-7-11-14/h1-13H2. The largest absolute Gasteiger partial charge is 0.381 e. The Morgan fingerprint density at radius 1 is 0.625 bits per heavy atom. The van der Waals surface area contributed by atoms with Gasteiger partial charge in [-0.1, -0.05) is 32.1 Å². The van der Waals surface area contributed by atoms with Crippen LogP contribution in [0.25, 0.3) is 0 Å². The van der Waals surface area contributed by atoms with Crippen LogP contribution in [0, 0.1) is 0 Å². The van der Waals surface area contributed by atoms with Crippen molar-refractivity contribution < 1.29 is 9.53 Å². The monoisotopic (exact) mass is 226 g/mol. The summed E-state index contributed by atoms with van der Waals surface area (Å²) in [7, 11) is 0. The van der Waals surface area contributed by atoms with Gasteiger partial charge in [-0.2, -0.15) is 0 Å². The van der Waals surface area contributed by atoms with Gasteiger partial charge >= 0.3 is 0 Å². The Morgan fingerprint density at radius 2 is 1.06 bits per heavy atom. The highest BCUT2D eigenvalue weighted by atomic mass is 16.5. The van der Waals surface area contributed by atoms with Crippen LogP contribution in [0.1, 0.15) is 70.6 Å². The van der Waals surface area contributed by atoms with Crippen molar-refractivity contribution in [2.45, 2.75) is 70.6 Å². The zero-order chi connectivity index (χ0) is 11.5. The van der Waals surface area contributed by atoms with Crippen molar-refractivity contribution in [1.29, 1.82) is 0 Å². The van der Waals surface area contributed by atoms with E-state index in [1.54, 1.807) is 0 Å². The van der Waals surface area contributed by atoms with Gasteiger partial charge in [0.25, 0.3) is 0 Å².